The maximum atomic E-state index is 13.2. The molecule has 1 fully saturated rings. The van der Waals surface area contributed by atoms with E-state index in [4.69, 9.17) is 0 Å². The molecule has 0 amide bonds. The minimum absolute atomic E-state index is 0.219. The van der Waals surface area contributed by atoms with Crippen LogP contribution in [-0.2, 0) is 6.54 Å². The Bertz CT molecular complexity index is 323. The highest BCUT2D eigenvalue weighted by Gasteiger charge is 2.23. The minimum atomic E-state index is -0.219. The van der Waals surface area contributed by atoms with Crippen molar-refractivity contribution in [1.82, 2.24) is 10.3 Å². The summed E-state index contributed by atoms with van der Waals surface area (Å²) >= 11 is 0. The van der Waals surface area contributed by atoms with Crippen LogP contribution in [-0.4, -0.2) is 11.0 Å². The van der Waals surface area contributed by atoms with Crippen molar-refractivity contribution >= 4 is 0 Å². The van der Waals surface area contributed by atoms with E-state index in [0.717, 1.165) is 5.92 Å². The molecule has 2 nitrogen and oxygen atoms in total. The second-order valence-electron chi connectivity index (χ2n) is 4.39. The van der Waals surface area contributed by atoms with E-state index in [2.05, 4.69) is 17.2 Å². The number of aromatic nitrogens is 1. The standard InChI is InChI=1S/C12H17FN2/c1-9(7-10-4-5-10)15-8-12-11(13)3-2-6-14-12/h2-3,6,9-10,15H,4-5,7-8H2,1H3. The van der Waals surface area contributed by atoms with Gasteiger partial charge in [-0.05, 0) is 31.4 Å². The molecular formula is C12H17FN2. The molecule has 1 heterocycles. The maximum Gasteiger partial charge on any atom is 0.146 e. The van der Waals surface area contributed by atoms with Crippen molar-refractivity contribution in [1.29, 1.82) is 0 Å². The van der Waals surface area contributed by atoms with Crippen LogP contribution in [0.4, 0.5) is 4.39 Å². The van der Waals surface area contributed by atoms with E-state index in [1.807, 2.05) is 0 Å². The molecule has 1 N–H and O–H groups in total. The van der Waals surface area contributed by atoms with Gasteiger partial charge in [-0.3, -0.25) is 4.98 Å². The molecule has 0 radical (unpaired) electrons. The summed E-state index contributed by atoms with van der Waals surface area (Å²) in [6.07, 6.45) is 5.56. The van der Waals surface area contributed by atoms with E-state index >= 15 is 0 Å². The van der Waals surface area contributed by atoms with Gasteiger partial charge in [-0.2, -0.15) is 0 Å². The molecule has 0 spiro atoms. The Balaban J connectivity index is 1.78. The van der Waals surface area contributed by atoms with Gasteiger partial charge in [0, 0.05) is 18.8 Å². The first-order valence-electron chi connectivity index (χ1n) is 5.58. The summed E-state index contributed by atoms with van der Waals surface area (Å²) in [5.74, 6) is 0.685. The third-order valence-corrected chi connectivity index (χ3v) is 2.84. The molecule has 2 rings (SSSR count). The van der Waals surface area contributed by atoms with E-state index in [9.17, 15) is 4.39 Å². The van der Waals surface area contributed by atoms with Gasteiger partial charge < -0.3 is 5.32 Å². The summed E-state index contributed by atoms with van der Waals surface area (Å²) in [6.45, 7) is 2.68. The van der Waals surface area contributed by atoms with E-state index in [-0.39, 0.29) is 5.82 Å². The number of nitrogens with zero attached hydrogens (tertiary/aromatic N) is 1. The molecule has 82 valence electrons. The molecule has 1 aromatic rings. The van der Waals surface area contributed by atoms with Crippen LogP contribution in [0.1, 0.15) is 31.9 Å². The third-order valence-electron chi connectivity index (χ3n) is 2.84. The number of nitrogens with one attached hydrogen (secondary N) is 1. The highest BCUT2D eigenvalue weighted by molar-refractivity contribution is 5.06. The van der Waals surface area contributed by atoms with Crippen molar-refractivity contribution in [3.8, 4) is 0 Å². The summed E-state index contributed by atoms with van der Waals surface area (Å²) in [5.41, 5.74) is 0.514. The first-order chi connectivity index (χ1) is 7.25. The van der Waals surface area contributed by atoms with E-state index in [0.29, 0.717) is 18.3 Å². The largest absolute Gasteiger partial charge is 0.309 e. The van der Waals surface area contributed by atoms with Gasteiger partial charge in [0.05, 0.1) is 5.69 Å². The molecule has 0 saturated heterocycles. The van der Waals surface area contributed by atoms with Gasteiger partial charge in [-0.15, -0.1) is 0 Å². The first kappa shape index (κ1) is 10.6. The van der Waals surface area contributed by atoms with Crippen LogP contribution >= 0.6 is 0 Å². The summed E-state index contributed by atoms with van der Waals surface area (Å²) in [7, 11) is 0. The van der Waals surface area contributed by atoms with Gasteiger partial charge in [0.1, 0.15) is 5.82 Å². The fourth-order valence-corrected chi connectivity index (χ4v) is 1.76. The maximum absolute atomic E-state index is 13.2. The summed E-state index contributed by atoms with van der Waals surface area (Å²) in [5, 5.41) is 3.31. The van der Waals surface area contributed by atoms with Crippen molar-refractivity contribution in [3.63, 3.8) is 0 Å². The molecule has 3 heteroatoms. The molecular weight excluding hydrogens is 191 g/mol. The average Bonchev–Trinajstić information content (AvgIpc) is 3.00. The second kappa shape index (κ2) is 4.71. The Morgan fingerprint density at radius 2 is 2.40 bits per heavy atom. The SMILES string of the molecule is CC(CC1CC1)NCc1ncccc1F. The van der Waals surface area contributed by atoms with Gasteiger partial charge >= 0.3 is 0 Å². The Morgan fingerprint density at radius 3 is 3.07 bits per heavy atom. The summed E-state index contributed by atoms with van der Waals surface area (Å²) < 4.78 is 13.2. The average molecular weight is 208 g/mol. The summed E-state index contributed by atoms with van der Waals surface area (Å²) in [4.78, 5) is 4.01. The lowest BCUT2D eigenvalue weighted by Gasteiger charge is -2.12. The highest BCUT2D eigenvalue weighted by Crippen LogP contribution is 2.33. The Hall–Kier alpha value is -0.960. The molecule has 1 atom stereocenters. The topological polar surface area (TPSA) is 24.9 Å². The molecule has 1 aliphatic carbocycles. The monoisotopic (exact) mass is 208 g/mol. The van der Waals surface area contributed by atoms with E-state index in [1.54, 1.807) is 12.3 Å². The fraction of sp³-hybridized carbons (Fsp3) is 0.583. The Morgan fingerprint density at radius 1 is 1.60 bits per heavy atom. The minimum Gasteiger partial charge on any atom is -0.309 e. The molecule has 1 aliphatic rings. The number of hydrogen-bond donors (Lipinski definition) is 1. The van der Waals surface area contributed by atoms with Crippen molar-refractivity contribution in [2.45, 2.75) is 38.8 Å². The van der Waals surface area contributed by atoms with Crippen molar-refractivity contribution in [3.05, 3.63) is 29.8 Å². The zero-order valence-corrected chi connectivity index (χ0v) is 9.04. The molecule has 1 saturated carbocycles. The van der Waals surface area contributed by atoms with Gasteiger partial charge in [0.15, 0.2) is 0 Å². The van der Waals surface area contributed by atoms with Crippen LogP contribution in [0.5, 0.6) is 0 Å². The van der Waals surface area contributed by atoms with Crippen LogP contribution in [0.2, 0.25) is 0 Å². The lowest BCUT2D eigenvalue weighted by molar-refractivity contribution is 0.473. The van der Waals surface area contributed by atoms with Crippen LogP contribution in [0.3, 0.4) is 0 Å². The number of rotatable bonds is 5. The van der Waals surface area contributed by atoms with Gasteiger partial charge in [0.25, 0.3) is 0 Å². The van der Waals surface area contributed by atoms with Crippen LogP contribution in [0.25, 0.3) is 0 Å². The normalized spacial score (nSPS) is 17.7. The van der Waals surface area contributed by atoms with Crippen molar-refractivity contribution in [2.75, 3.05) is 0 Å². The van der Waals surface area contributed by atoms with Crippen molar-refractivity contribution < 1.29 is 4.39 Å². The number of hydrogen-bond acceptors (Lipinski definition) is 2. The zero-order chi connectivity index (χ0) is 10.7. The van der Waals surface area contributed by atoms with Crippen LogP contribution in [0, 0.1) is 11.7 Å². The molecule has 0 aromatic carbocycles. The van der Waals surface area contributed by atoms with E-state index < -0.39 is 0 Å². The molecule has 0 aliphatic heterocycles. The lowest BCUT2D eigenvalue weighted by atomic mass is 10.1. The van der Waals surface area contributed by atoms with Crippen molar-refractivity contribution in [2.24, 2.45) is 5.92 Å². The molecule has 15 heavy (non-hydrogen) atoms. The molecule has 1 unspecified atom stereocenters. The van der Waals surface area contributed by atoms with Gasteiger partial charge in [-0.25, -0.2) is 4.39 Å². The predicted molar refractivity (Wildman–Crippen MR) is 57.8 cm³/mol. The predicted octanol–water partition coefficient (Wildman–Crippen LogP) is 2.50. The van der Waals surface area contributed by atoms with Gasteiger partial charge in [-0.1, -0.05) is 12.8 Å². The second-order valence-corrected chi connectivity index (χ2v) is 4.39. The van der Waals surface area contributed by atoms with E-state index in [1.165, 1.54) is 25.3 Å². The first-order valence-corrected chi connectivity index (χ1v) is 5.58. The smallest absolute Gasteiger partial charge is 0.146 e. The zero-order valence-electron chi connectivity index (χ0n) is 9.04. The van der Waals surface area contributed by atoms with Crippen LogP contribution in [0.15, 0.2) is 18.3 Å². The molecule has 1 aromatic heterocycles. The van der Waals surface area contributed by atoms with Gasteiger partial charge in [0.2, 0.25) is 0 Å². The third kappa shape index (κ3) is 3.27. The number of halogens is 1. The Kier molecular flexibility index (Phi) is 3.31. The fourth-order valence-electron chi connectivity index (χ4n) is 1.76. The Labute approximate surface area is 89.9 Å². The number of pyridine rings is 1. The molecule has 0 bridgehead atoms. The quantitative estimate of drug-likeness (QED) is 0.804. The highest BCUT2D eigenvalue weighted by atomic mass is 19.1. The lowest BCUT2D eigenvalue weighted by Crippen LogP contribution is -2.26. The van der Waals surface area contributed by atoms with Crippen LogP contribution < -0.4 is 5.32 Å². The summed E-state index contributed by atoms with van der Waals surface area (Å²) in [6, 6.07) is 3.53.